The summed E-state index contributed by atoms with van der Waals surface area (Å²) in [5.41, 5.74) is 0.491. The van der Waals surface area contributed by atoms with Crippen LogP contribution in [0.1, 0.15) is 16.8 Å². The quantitative estimate of drug-likeness (QED) is 0.847. The second kappa shape index (κ2) is 6.34. The Morgan fingerprint density at radius 2 is 2.05 bits per heavy atom. The SMILES string of the molecule is O=C(NCCCn1ccccc1=O)c1ccc2c(c1)OCO2. The number of ether oxygens (including phenoxy) is 2. The second-order valence-corrected chi connectivity index (χ2v) is 4.91. The Balaban J connectivity index is 1.50. The van der Waals surface area contributed by atoms with Gasteiger partial charge in [0.25, 0.3) is 5.91 Å². The molecule has 6 heteroatoms. The molecule has 0 radical (unpaired) electrons. The van der Waals surface area contributed by atoms with E-state index < -0.39 is 0 Å². The van der Waals surface area contributed by atoms with Crippen molar-refractivity contribution in [1.82, 2.24) is 9.88 Å². The number of pyridine rings is 1. The van der Waals surface area contributed by atoms with E-state index in [1.165, 1.54) is 6.07 Å². The fraction of sp³-hybridized carbons (Fsp3) is 0.250. The molecule has 1 N–H and O–H groups in total. The lowest BCUT2D eigenvalue weighted by atomic mass is 10.2. The maximum Gasteiger partial charge on any atom is 0.251 e. The van der Waals surface area contributed by atoms with E-state index in [-0.39, 0.29) is 18.3 Å². The first-order valence-corrected chi connectivity index (χ1v) is 7.07. The monoisotopic (exact) mass is 300 g/mol. The molecule has 6 nitrogen and oxygen atoms in total. The van der Waals surface area contributed by atoms with Gasteiger partial charge in [-0.25, -0.2) is 0 Å². The van der Waals surface area contributed by atoms with Crippen molar-refractivity contribution >= 4 is 5.91 Å². The molecule has 114 valence electrons. The van der Waals surface area contributed by atoms with Crippen molar-refractivity contribution in [2.45, 2.75) is 13.0 Å². The van der Waals surface area contributed by atoms with E-state index >= 15 is 0 Å². The van der Waals surface area contributed by atoms with Crippen molar-refractivity contribution in [1.29, 1.82) is 0 Å². The zero-order valence-corrected chi connectivity index (χ0v) is 12.0. The van der Waals surface area contributed by atoms with Crippen LogP contribution in [-0.2, 0) is 6.54 Å². The lowest BCUT2D eigenvalue weighted by Gasteiger charge is -2.07. The standard InChI is InChI=1S/C16H16N2O4/c19-15-4-1-2-8-18(15)9-3-7-17-16(20)12-5-6-13-14(10-12)22-11-21-13/h1-2,4-6,8,10H,3,7,9,11H2,(H,17,20). The minimum atomic E-state index is -0.168. The number of benzene rings is 1. The highest BCUT2D eigenvalue weighted by molar-refractivity contribution is 5.94. The van der Waals surface area contributed by atoms with E-state index in [1.807, 2.05) is 6.07 Å². The third-order valence-electron chi connectivity index (χ3n) is 3.40. The summed E-state index contributed by atoms with van der Waals surface area (Å²) in [5.74, 6) is 1.07. The average Bonchev–Trinajstić information content (AvgIpc) is 3.00. The lowest BCUT2D eigenvalue weighted by molar-refractivity contribution is 0.0952. The van der Waals surface area contributed by atoms with Crippen LogP contribution < -0.4 is 20.3 Å². The van der Waals surface area contributed by atoms with Crippen molar-refractivity contribution in [3.63, 3.8) is 0 Å². The van der Waals surface area contributed by atoms with Crippen LogP contribution in [0.4, 0.5) is 0 Å². The van der Waals surface area contributed by atoms with E-state index in [9.17, 15) is 9.59 Å². The first-order chi connectivity index (χ1) is 10.7. The van der Waals surface area contributed by atoms with Gasteiger partial charge < -0.3 is 19.4 Å². The smallest absolute Gasteiger partial charge is 0.251 e. The molecule has 2 aromatic rings. The number of fused-ring (bicyclic) bond motifs is 1. The molecule has 1 aliphatic rings. The van der Waals surface area contributed by atoms with E-state index in [4.69, 9.17) is 9.47 Å². The Bertz CT molecular complexity index is 739. The molecule has 1 aliphatic heterocycles. The van der Waals surface area contributed by atoms with Crippen molar-refractivity contribution in [2.24, 2.45) is 0 Å². The van der Waals surface area contributed by atoms with E-state index in [2.05, 4.69) is 5.32 Å². The number of carbonyl (C=O) groups is 1. The van der Waals surface area contributed by atoms with Crippen LogP contribution in [0.5, 0.6) is 11.5 Å². The Kier molecular flexibility index (Phi) is 4.09. The lowest BCUT2D eigenvalue weighted by Crippen LogP contribution is -2.26. The Morgan fingerprint density at radius 3 is 2.91 bits per heavy atom. The van der Waals surface area contributed by atoms with Gasteiger partial charge in [-0.15, -0.1) is 0 Å². The van der Waals surface area contributed by atoms with Gasteiger partial charge in [0, 0.05) is 30.9 Å². The maximum atomic E-state index is 12.0. The summed E-state index contributed by atoms with van der Waals surface area (Å²) < 4.78 is 12.1. The van der Waals surface area contributed by atoms with Crippen molar-refractivity contribution in [3.8, 4) is 11.5 Å². The molecule has 0 fully saturated rings. The highest BCUT2D eigenvalue weighted by atomic mass is 16.7. The number of hydrogen-bond acceptors (Lipinski definition) is 4. The molecule has 0 spiro atoms. The van der Waals surface area contributed by atoms with Crippen LogP contribution in [0.15, 0.2) is 47.4 Å². The van der Waals surface area contributed by atoms with Crippen LogP contribution in [0.3, 0.4) is 0 Å². The molecule has 1 aromatic heterocycles. The van der Waals surface area contributed by atoms with Crippen molar-refractivity contribution < 1.29 is 14.3 Å². The summed E-state index contributed by atoms with van der Waals surface area (Å²) in [7, 11) is 0. The Labute approximate surface area is 127 Å². The van der Waals surface area contributed by atoms with E-state index in [0.717, 1.165) is 0 Å². The normalized spacial score (nSPS) is 12.2. The molecule has 0 unspecified atom stereocenters. The molecule has 0 atom stereocenters. The minimum absolute atomic E-state index is 0.0374. The maximum absolute atomic E-state index is 12.0. The molecule has 22 heavy (non-hydrogen) atoms. The summed E-state index contributed by atoms with van der Waals surface area (Å²) in [6, 6.07) is 10.1. The van der Waals surface area contributed by atoms with Gasteiger partial charge in [0.2, 0.25) is 12.4 Å². The fourth-order valence-corrected chi connectivity index (χ4v) is 2.24. The van der Waals surface area contributed by atoms with Gasteiger partial charge in [-0.2, -0.15) is 0 Å². The zero-order valence-electron chi connectivity index (χ0n) is 12.0. The molecule has 1 aromatic carbocycles. The van der Waals surface area contributed by atoms with Gasteiger partial charge in [-0.05, 0) is 30.7 Å². The topological polar surface area (TPSA) is 69.6 Å². The molecule has 2 heterocycles. The predicted octanol–water partition coefficient (Wildman–Crippen LogP) is 1.40. The number of nitrogens with zero attached hydrogens (tertiary/aromatic N) is 1. The van der Waals surface area contributed by atoms with E-state index in [0.29, 0.717) is 36.6 Å². The summed E-state index contributed by atoms with van der Waals surface area (Å²) in [6.45, 7) is 1.25. The number of rotatable bonds is 5. The molecule has 3 rings (SSSR count). The van der Waals surface area contributed by atoms with Gasteiger partial charge in [-0.3, -0.25) is 9.59 Å². The number of hydrogen-bond donors (Lipinski definition) is 1. The number of nitrogens with one attached hydrogen (secondary N) is 1. The number of carbonyl (C=O) groups excluding carboxylic acids is 1. The highest BCUT2D eigenvalue weighted by Gasteiger charge is 2.15. The number of aromatic nitrogens is 1. The molecule has 1 amide bonds. The largest absolute Gasteiger partial charge is 0.454 e. The van der Waals surface area contributed by atoms with E-state index in [1.54, 1.807) is 35.0 Å². The van der Waals surface area contributed by atoms with Gasteiger partial charge in [-0.1, -0.05) is 6.07 Å². The average molecular weight is 300 g/mol. The Morgan fingerprint density at radius 1 is 1.18 bits per heavy atom. The van der Waals surface area contributed by atoms with Gasteiger partial charge in [0.05, 0.1) is 0 Å². The summed E-state index contributed by atoms with van der Waals surface area (Å²) in [5, 5.41) is 2.83. The highest BCUT2D eigenvalue weighted by Crippen LogP contribution is 2.32. The van der Waals surface area contributed by atoms with Crippen molar-refractivity contribution in [3.05, 3.63) is 58.5 Å². The number of aryl methyl sites for hydroxylation is 1. The van der Waals surface area contributed by atoms with Crippen LogP contribution in [0, 0.1) is 0 Å². The Hall–Kier alpha value is -2.76. The summed E-state index contributed by atoms with van der Waals surface area (Å²) in [6.07, 6.45) is 2.42. The third-order valence-corrected chi connectivity index (χ3v) is 3.40. The third kappa shape index (κ3) is 3.11. The second-order valence-electron chi connectivity index (χ2n) is 4.91. The molecular formula is C16H16N2O4. The molecule has 0 aliphatic carbocycles. The molecular weight excluding hydrogens is 284 g/mol. The fourth-order valence-electron chi connectivity index (χ4n) is 2.24. The molecule has 0 saturated heterocycles. The predicted molar refractivity (Wildman–Crippen MR) is 80.2 cm³/mol. The van der Waals surface area contributed by atoms with Crippen LogP contribution >= 0.6 is 0 Å². The summed E-state index contributed by atoms with van der Waals surface area (Å²) in [4.78, 5) is 23.6. The zero-order chi connectivity index (χ0) is 15.4. The molecule has 0 saturated carbocycles. The van der Waals surface area contributed by atoms with Gasteiger partial charge in [0.1, 0.15) is 0 Å². The summed E-state index contributed by atoms with van der Waals surface area (Å²) >= 11 is 0. The van der Waals surface area contributed by atoms with Gasteiger partial charge in [0.15, 0.2) is 11.5 Å². The van der Waals surface area contributed by atoms with Crippen molar-refractivity contribution in [2.75, 3.05) is 13.3 Å². The van der Waals surface area contributed by atoms with Crippen LogP contribution in [-0.4, -0.2) is 23.8 Å². The van der Waals surface area contributed by atoms with Gasteiger partial charge >= 0.3 is 0 Å². The van der Waals surface area contributed by atoms with Crippen LogP contribution in [0.25, 0.3) is 0 Å². The molecule has 0 bridgehead atoms. The number of amides is 1. The first kappa shape index (κ1) is 14.2. The first-order valence-electron chi connectivity index (χ1n) is 7.07. The van der Waals surface area contributed by atoms with Crippen LogP contribution in [0.2, 0.25) is 0 Å². The minimum Gasteiger partial charge on any atom is -0.454 e.